The van der Waals surface area contributed by atoms with Crippen molar-refractivity contribution in [2.24, 2.45) is 5.92 Å². The zero-order valence-electron chi connectivity index (χ0n) is 22.8. The van der Waals surface area contributed by atoms with Crippen molar-refractivity contribution in [1.82, 2.24) is 25.2 Å². The van der Waals surface area contributed by atoms with E-state index in [1.165, 1.54) is 11.3 Å². The highest BCUT2D eigenvalue weighted by molar-refractivity contribution is 7.09. The first-order chi connectivity index (χ1) is 18.9. The van der Waals surface area contributed by atoms with Gasteiger partial charge in [-0.3, -0.25) is 9.59 Å². The third kappa shape index (κ3) is 6.94. The molecule has 0 bridgehead atoms. The molecule has 39 heavy (non-hydrogen) atoms. The van der Waals surface area contributed by atoms with E-state index in [9.17, 15) is 9.59 Å². The minimum absolute atomic E-state index is 0.0597. The van der Waals surface area contributed by atoms with Gasteiger partial charge in [0.15, 0.2) is 11.5 Å². The summed E-state index contributed by atoms with van der Waals surface area (Å²) in [6.07, 6.45) is 0.828. The first-order valence-corrected chi connectivity index (χ1v) is 14.0. The molecule has 0 aliphatic rings. The largest absolute Gasteiger partial charge is 0.493 e. The highest BCUT2D eigenvalue weighted by atomic mass is 32.1. The number of amides is 2. The lowest BCUT2D eigenvalue weighted by Crippen LogP contribution is -2.44. The number of rotatable bonds is 13. The molecule has 10 heteroatoms. The summed E-state index contributed by atoms with van der Waals surface area (Å²) in [5.74, 6) is 0.998. The summed E-state index contributed by atoms with van der Waals surface area (Å²) in [7, 11) is 1.56. The summed E-state index contributed by atoms with van der Waals surface area (Å²) in [5.41, 5.74) is 2.09. The number of aromatic nitrogens is 3. The summed E-state index contributed by atoms with van der Waals surface area (Å²) in [5, 5.41) is 13.4. The number of thiophene rings is 1. The molecule has 1 N–H and O–H groups in total. The normalized spacial score (nSPS) is 11.9. The van der Waals surface area contributed by atoms with Crippen LogP contribution in [0.2, 0.25) is 0 Å². The number of nitrogens with one attached hydrogen (secondary N) is 1. The molecule has 2 aromatic heterocycles. The summed E-state index contributed by atoms with van der Waals surface area (Å²) in [4.78, 5) is 30.4. The van der Waals surface area contributed by atoms with Gasteiger partial charge < -0.3 is 19.7 Å². The Morgan fingerprint density at radius 2 is 1.92 bits per heavy atom. The van der Waals surface area contributed by atoms with Crippen LogP contribution in [0.1, 0.15) is 43.7 Å². The van der Waals surface area contributed by atoms with Crippen LogP contribution >= 0.6 is 11.3 Å². The molecule has 0 aliphatic heterocycles. The van der Waals surface area contributed by atoms with E-state index in [-0.39, 0.29) is 24.9 Å². The van der Waals surface area contributed by atoms with Crippen LogP contribution in [-0.4, -0.2) is 52.0 Å². The van der Waals surface area contributed by atoms with E-state index >= 15 is 0 Å². The number of methoxy groups -OCH3 is 1. The third-order valence-corrected chi connectivity index (χ3v) is 7.18. The maximum absolute atomic E-state index is 14.0. The van der Waals surface area contributed by atoms with Gasteiger partial charge in [-0.2, -0.15) is 0 Å². The van der Waals surface area contributed by atoms with Crippen molar-refractivity contribution in [3.05, 3.63) is 70.4 Å². The Morgan fingerprint density at radius 3 is 2.64 bits per heavy atom. The van der Waals surface area contributed by atoms with Crippen LogP contribution < -0.4 is 14.8 Å². The summed E-state index contributed by atoms with van der Waals surface area (Å²) >= 11 is 1.54. The molecule has 0 saturated carbocycles. The fraction of sp³-hybridized carbons (Fsp3) is 0.379. The lowest BCUT2D eigenvalue weighted by atomic mass is 10.0. The zero-order chi connectivity index (χ0) is 27.8. The third-order valence-electron chi connectivity index (χ3n) is 6.32. The van der Waals surface area contributed by atoms with Gasteiger partial charge in [-0.1, -0.05) is 43.3 Å². The van der Waals surface area contributed by atoms with Gasteiger partial charge in [0.05, 0.1) is 25.8 Å². The first-order valence-electron chi connectivity index (χ1n) is 13.1. The van der Waals surface area contributed by atoms with E-state index in [2.05, 4.69) is 29.5 Å². The number of nitrogens with zero attached hydrogens (tertiary/aromatic N) is 4. The minimum Gasteiger partial charge on any atom is -0.493 e. The molecular formula is C29H35N5O4S. The van der Waals surface area contributed by atoms with E-state index in [0.29, 0.717) is 41.6 Å². The molecule has 2 heterocycles. The van der Waals surface area contributed by atoms with Gasteiger partial charge in [-0.15, -0.1) is 16.4 Å². The predicted octanol–water partition coefficient (Wildman–Crippen LogP) is 4.83. The van der Waals surface area contributed by atoms with Crippen molar-refractivity contribution in [2.45, 2.75) is 46.3 Å². The second-order valence-corrected chi connectivity index (χ2v) is 10.6. The van der Waals surface area contributed by atoms with Gasteiger partial charge in [0.2, 0.25) is 11.8 Å². The van der Waals surface area contributed by atoms with Crippen molar-refractivity contribution in [3.63, 3.8) is 0 Å². The molecule has 1 atom stereocenters. The molecule has 4 aromatic rings. The molecule has 4 rings (SSSR count). The van der Waals surface area contributed by atoms with Crippen LogP contribution in [0.3, 0.4) is 0 Å². The fourth-order valence-corrected chi connectivity index (χ4v) is 5.03. The molecule has 0 saturated heterocycles. The molecule has 2 aromatic carbocycles. The number of hydrogen-bond donors (Lipinski definition) is 1. The number of carbonyl (C=O) groups is 2. The van der Waals surface area contributed by atoms with E-state index in [1.807, 2.05) is 54.8 Å². The Morgan fingerprint density at radius 1 is 1.10 bits per heavy atom. The van der Waals surface area contributed by atoms with Crippen LogP contribution in [0.4, 0.5) is 0 Å². The second kappa shape index (κ2) is 13.2. The Kier molecular flexibility index (Phi) is 9.54. The average molecular weight is 550 g/mol. The molecule has 0 spiro atoms. The van der Waals surface area contributed by atoms with Crippen LogP contribution in [-0.2, 0) is 22.7 Å². The molecule has 0 aliphatic carbocycles. The maximum atomic E-state index is 14.0. The van der Waals surface area contributed by atoms with Crippen molar-refractivity contribution in [3.8, 4) is 11.5 Å². The highest BCUT2D eigenvalue weighted by Crippen LogP contribution is 2.34. The lowest BCUT2D eigenvalue weighted by Gasteiger charge is -2.31. The van der Waals surface area contributed by atoms with Crippen LogP contribution in [0.15, 0.2) is 60.0 Å². The molecule has 0 radical (unpaired) electrons. The Balaban J connectivity index is 1.74. The van der Waals surface area contributed by atoms with Crippen molar-refractivity contribution >= 4 is 34.2 Å². The number of para-hydroxylation sites is 1. The summed E-state index contributed by atoms with van der Waals surface area (Å²) in [6, 6.07) is 15.9. The van der Waals surface area contributed by atoms with Crippen molar-refractivity contribution in [1.29, 1.82) is 0 Å². The van der Waals surface area contributed by atoms with Gasteiger partial charge in [0.25, 0.3) is 0 Å². The Hall–Kier alpha value is -3.92. The van der Waals surface area contributed by atoms with E-state index in [0.717, 1.165) is 16.8 Å². The monoisotopic (exact) mass is 549 g/mol. The molecule has 1 unspecified atom stereocenters. The molecule has 2 amide bonds. The SMILES string of the molecule is CCOc1ccc(C(C(=O)NCCC(C)C)N(Cc2cccs2)C(=O)Cn2nnc3ccccc32)cc1OC. The lowest BCUT2D eigenvalue weighted by molar-refractivity contribution is -0.142. The van der Waals surface area contributed by atoms with Gasteiger partial charge in [-0.25, -0.2) is 4.68 Å². The van der Waals surface area contributed by atoms with Crippen LogP contribution in [0, 0.1) is 5.92 Å². The molecule has 206 valence electrons. The molecular weight excluding hydrogens is 514 g/mol. The number of ether oxygens (including phenoxy) is 2. The van der Waals surface area contributed by atoms with E-state index in [1.54, 1.807) is 28.8 Å². The van der Waals surface area contributed by atoms with Gasteiger partial charge >= 0.3 is 0 Å². The zero-order valence-corrected chi connectivity index (χ0v) is 23.6. The van der Waals surface area contributed by atoms with Crippen LogP contribution in [0.5, 0.6) is 11.5 Å². The van der Waals surface area contributed by atoms with Gasteiger partial charge in [0.1, 0.15) is 18.1 Å². The van der Waals surface area contributed by atoms with E-state index in [4.69, 9.17) is 9.47 Å². The first kappa shape index (κ1) is 28.1. The number of benzene rings is 2. The minimum atomic E-state index is -0.897. The smallest absolute Gasteiger partial charge is 0.247 e. The van der Waals surface area contributed by atoms with E-state index < -0.39 is 6.04 Å². The van der Waals surface area contributed by atoms with Crippen molar-refractivity contribution in [2.75, 3.05) is 20.3 Å². The highest BCUT2D eigenvalue weighted by Gasteiger charge is 2.33. The summed E-state index contributed by atoms with van der Waals surface area (Å²) < 4.78 is 12.9. The summed E-state index contributed by atoms with van der Waals surface area (Å²) in [6.45, 7) is 7.30. The average Bonchev–Trinajstić information content (AvgIpc) is 3.59. The van der Waals surface area contributed by atoms with Crippen molar-refractivity contribution < 1.29 is 19.1 Å². The number of fused-ring (bicyclic) bond motifs is 1. The molecule has 9 nitrogen and oxygen atoms in total. The quantitative estimate of drug-likeness (QED) is 0.256. The van der Waals surface area contributed by atoms with Gasteiger partial charge in [0, 0.05) is 11.4 Å². The fourth-order valence-electron chi connectivity index (χ4n) is 4.33. The van der Waals surface area contributed by atoms with Gasteiger partial charge in [-0.05, 0) is 60.5 Å². The second-order valence-electron chi connectivity index (χ2n) is 9.56. The maximum Gasteiger partial charge on any atom is 0.247 e. The Bertz CT molecular complexity index is 1390. The standard InChI is InChI=1S/C29H35N5O4S/c1-5-38-25-13-12-21(17-26(25)37-4)28(29(36)30-15-14-20(2)3)33(18-22-9-8-16-39-22)27(35)19-34-24-11-7-6-10-23(24)31-32-34/h6-13,16-17,20,28H,5,14-15,18-19H2,1-4H3,(H,30,36). The number of hydrogen-bond acceptors (Lipinski definition) is 7. The predicted molar refractivity (Wildman–Crippen MR) is 152 cm³/mol. The Labute approximate surface area is 232 Å². The topological polar surface area (TPSA) is 98.6 Å². The number of carbonyl (C=O) groups excluding carboxylic acids is 2. The van der Waals surface area contributed by atoms with Crippen LogP contribution in [0.25, 0.3) is 11.0 Å². The molecule has 0 fully saturated rings.